The molecular weight excluding hydrogens is 310 g/mol. The Kier molecular flexibility index (Phi) is 5.59. The zero-order chi connectivity index (χ0) is 15.2. The van der Waals surface area contributed by atoms with Gasteiger partial charge in [-0.15, -0.1) is 0 Å². The van der Waals surface area contributed by atoms with Gasteiger partial charge in [0.15, 0.2) is 0 Å². The molecule has 0 spiro atoms. The maximum Gasteiger partial charge on any atom is 0.224 e. The fraction of sp³-hybridized carbons (Fsp3) is 0.267. The van der Waals surface area contributed by atoms with Gasteiger partial charge < -0.3 is 9.73 Å². The molecule has 1 heterocycles. The van der Waals surface area contributed by atoms with Gasteiger partial charge in [0.2, 0.25) is 5.91 Å². The molecule has 2 aromatic rings. The van der Waals surface area contributed by atoms with Crippen molar-refractivity contribution in [3.05, 3.63) is 52.9 Å². The first kappa shape index (κ1) is 15.8. The molecule has 1 aromatic carbocycles. The second kappa shape index (κ2) is 7.43. The summed E-state index contributed by atoms with van der Waals surface area (Å²) in [6.45, 7) is 0. The van der Waals surface area contributed by atoms with Crippen LogP contribution in [0.25, 0.3) is 0 Å². The molecule has 0 saturated heterocycles. The van der Waals surface area contributed by atoms with Gasteiger partial charge in [0.25, 0.3) is 0 Å². The van der Waals surface area contributed by atoms with E-state index in [1.165, 1.54) is 0 Å². The monoisotopic (exact) mass is 325 g/mol. The predicted molar refractivity (Wildman–Crippen MR) is 84.9 cm³/mol. The van der Waals surface area contributed by atoms with E-state index in [1.807, 2.05) is 6.07 Å². The lowest BCUT2D eigenvalue weighted by Gasteiger charge is -2.08. The summed E-state index contributed by atoms with van der Waals surface area (Å²) in [5, 5.41) is 3.36. The van der Waals surface area contributed by atoms with Gasteiger partial charge in [0.1, 0.15) is 5.76 Å². The maximum absolute atomic E-state index is 11.9. The van der Waals surface area contributed by atoms with Crippen LogP contribution in [0.3, 0.4) is 0 Å². The highest BCUT2D eigenvalue weighted by Crippen LogP contribution is 2.22. The lowest BCUT2D eigenvalue weighted by molar-refractivity contribution is -0.116. The first-order valence-electron chi connectivity index (χ1n) is 6.45. The zero-order valence-corrected chi connectivity index (χ0v) is 13.2. The van der Waals surface area contributed by atoms with Crippen LogP contribution in [0.1, 0.15) is 17.7 Å². The van der Waals surface area contributed by atoms with Crippen molar-refractivity contribution >= 4 is 34.0 Å². The summed E-state index contributed by atoms with van der Waals surface area (Å²) in [7, 11) is -0.981. The van der Waals surface area contributed by atoms with Crippen molar-refractivity contribution in [2.24, 2.45) is 0 Å². The van der Waals surface area contributed by atoms with Crippen molar-refractivity contribution in [2.45, 2.75) is 18.6 Å². The minimum absolute atomic E-state index is 0.0997. The highest BCUT2D eigenvalue weighted by Gasteiger charge is 2.08. The van der Waals surface area contributed by atoms with E-state index in [0.29, 0.717) is 29.3 Å². The first-order chi connectivity index (χ1) is 10.0. The van der Waals surface area contributed by atoms with Crippen LogP contribution in [0, 0.1) is 0 Å². The van der Waals surface area contributed by atoms with Crippen LogP contribution in [-0.4, -0.2) is 16.4 Å². The maximum atomic E-state index is 11.9. The standard InChI is InChI=1S/C15H16ClNO3S/c1-21(19)10-11-9-12(4-6-14(11)16)17-15(18)7-5-13-3-2-8-20-13/h2-4,6,8-9H,5,7,10H2,1H3,(H,17,18). The topological polar surface area (TPSA) is 59.3 Å². The summed E-state index contributed by atoms with van der Waals surface area (Å²) in [6, 6.07) is 8.82. The third kappa shape index (κ3) is 5.02. The van der Waals surface area contributed by atoms with E-state index in [9.17, 15) is 9.00 Å². The molecule has 1 N–H and O–H groups in total. The Bertz CT molecular complexity index is 640. The molecule has 1 aromatic heterocycles. The normalized spacial score (nSPS) is 12.1. The minimum atomic E-state index is -0.981. The van der Waals surface area contributed by atoms with Gasteiger partial charge in [0.05, 0.1) is 6.26 Å². The van der Waals surface area contributed by atoms with Gasteiger partial charge in [0, 0.05) is 46.4 Å². The molecule has 6 heteroatoms. The summed E-state index contributed by atoms with van der Waals surface area (Å²) in [5.41, 5.74) is 1.42. The summed E-state index contributed by atoms with van der Waals surface area (Å²) >= 11 is 6.05. The lowest BCUT2D eigenvalue weighted by atomic mass is 10.2. The van der Waals surface area contributed by atoms with Crippen molar-refractivity contribution in [2.75, 3.05) is 11.6 Å². The highest BCUT2D eigenvalue weighted by atomic mass is 35.5. The van der Waals surface area contributed by atoms with Crippen LogP contribution in [0.4, 0.5) is 5.69 Å². The Morgan fingerprint density at radius 3 is 2.86 bits per heavy atom. The van der Waals surface area contributed by atoms with E-state index < -0.39 is 10.8 Å². The molecule has 0 radical (unpaired) electrons. The van der Waals surface area contributed by atoms with Crippen LogP contribution < -0.4 is 5.32 Å². The van der Waals surface area contributed by atoms with E-state index in [-0.39, 0.29) is 5.91 Å². The Balaban J connectivity index is 1.95. The van der Waals surface area contributed by atoms with Crippen molar-refractivity contribution < 1.29 is 13.4 Å². The van der Waals surface area contributed by atoms with Crippen molar-refractivity contribution in [1.29, 1.82) is 0 Å². The Hall–Kier alpha value is -1.59. The van der Waals surface area contributed by atoms with Crippen molar-refractivity contribution in [3.8, 4) is 0 Å². The second-order valence-corrected chi connectivity index (χ2v) is 6.49. The van der Waals surface area contributed by atoms with Gasteiger partial charge in [-0.3, -0.25) is 9.00 Å². The number of anilines is 1. The van der Waals surface area contributed by atoms with Gasteiger partial charge in [-0.25, -0.2) is 0 Å². The van der Waals surface area contributed by atoms with Crippen molar-refractivity contribution in [1.82, 2.24) is 0 Å². The van der Waals surface area contributed by atoms with Gasteiger partial charge >= 0.3 is 0 Å². The fourth-order valence-corrected chi connectivity index (χ4v) is 2.84. The SMILES string of the molecule is CS(=O)Cc1cc(NC(=O)CCc2ccco2)ccc1Cl. The molecule has 112 valence electrons. The van der Waals surface area contributed by atoms with Gasteiger partial charge in [-0.2, -0.15) is 0 Å². The summed E-state index contributed by atoms with van der Waals surface area (Å²) < 4.78 is 16.5. The summed E-state index contributed by atoms with van der Waals surface area (Å²) in [6.07, 6.45) is 4.10. The second-order valence-electron chi connectivity index (χ2n) is 4.65. The van der Waals surface area contributed by atoms with E-state index in [4.69, 9.17) is 16.0 Å². The first-order valence-corrected chi connectivity index (χ1v) is 8.56. The van der Waals surface area contributed by atoms with Crippen LogP contribution >= 0.6 is 11.6 Å². The average molecular weight is 326 g/mol. The molecule has 0 aliphatic rings. The van der Waals surface area contributed by atoms with Crippen LogP contribution in [0.2, 0.25) is 5.02 Å². The number of hydrogen-bond acceptors (Lipinski definition) is 3. The average Bonchev–Trinajstić information content (AvgIpc) is 2.93. The molecular formula is C15H16ClNO3S. The number of benzene rings is 1. The molecule has 21 heavy (non-hydrogen) atoms. The number of amides is 1. The smallest absolute Gasteiger partial charge is 0.224 e. The van der Waals surface area contributed by atoms with Gasteiger partial charge in [-0.1, -0.05) is 11.6 Å². The number of carbonyl (C=O) groups excluding carboxylic acids is 1. The minimum Gasteiger partial charge on any atom is -0.469 e. The molecule has 0 fully saturated rings. The number of rotatable bonds is 6. The molecule has 0 bridgehead atoms. The summed E-state index contributed by atoms with van der Waals surface area (Å²) in [4.78, 5) is 11.9. The number of aryl methyl sites for hydroxylation is 1. The van der Waals surface area contributed by atoms with Crippen LogP contribution in [-0.2, 0) is 27.8 Å². The number of carbonyl (C=O) groups is 1. The molecule has 4 nitrogen and oxygen atoms in total. The Labute approximate surface area is 130 Å². The zero-order valence-electron chi connectivity index (χ0n) is 11.6. The van der Waals surface area contributed by atoms with Crippen LogP contribution in [0.15, 0.2) is 41.0 Å². The number of hydrogen-bond donors (Lipinski definition) is 1. The molecule has 0 aliphatic carbocycles. The largest absolute Gasteiger partial charge is 0.469 e. The van der Waals surface area contributed by atoms with E-state index in [2.05, 4.69) is 5.32 Å². The Morgan fingerprint density at radius 2 is 2.19 bits per heavy atom. The van der Waals surface area contributed by atoms with Gasteiger partial charge in [-0.05, 0) is 35.9 Å². The number of furan rings is 1. The van der Waals surface area contributed by atoms with Crippen molar-refractivity contribution in [3.63, 3.8) is 0 Å². The van der Waals surface area contributed by atoms with E-state index in [1.54, 1.807) is 36.8 Å². The molecule has 0 saturated carbocycles. The molecule has 1 amide bonds. The van der Waals surface area contributed by atoms with Crippen LogP contribution in [0.5, 0.6) is 0 Å². The number of halogens is 1. The Morgan fingerprint density at radius 1 is 1.38 bits per heavy atom. The number of nitrogens with one attached hydrogen (secondary N) is 1. The third-order valence-corrected chi connectivity index (χ3v) is 3.95. The summed E-state index contributed by atoms with van der Waals surface area (Å²) in [5.74, 6) is 1.05. The third-order valence-electron chi connectivity index (χ3n) is 2.87. The van der Waals surface area contributed by atoms with E-state index >= 15 is 0 Å². The molecule has 1 atom stereocenters. The fourth-order valence-electron chi connectivity index (χ4n) is 1.90. The quantitative estimate of drug-likeness (QED) is 0.885. The molecule has 2 rings (SSSR count). The molecule has 0 aliphatic heterocycles. The molecule has 1 unspecified atom stereocenters. The van der Waals surface area contributed by atoms with E-state index in [0.717, 1.165) is 11.3 Å². The lowest BCUT2D eigenvalue weighted by Crippen LogP contribution is -2.12. The predicted octanol–water partition coefficient (Wildman–Crippen LogP) is 3.38. The highest BCUT2D eigenvalue weighted by molar-refractivity contribution is 7.83.